The number of nitrogens with two attached hydrogens (primary N) is 1. The predicted molar refractivity (Wildman–Crippen MR) is 63.2 cm³/mol. The van der Waals surface area contributed by atoms with Gasteiger partial charge in [-0.05, 0) is 44.4 Å². The van der Waals surface area contributed by atoms with Gasteiger partial charge in [-0.25, -0.2) is 0 Å². The zero-order valence-electron chi connectivity index (χ0n) is 9.69. The van der Waals surface area contributed by atoms with Crippen molar-refractivity contribution in [2.75, 3.05) is 6.61 Å². The molecule has 0 saturated heterocycles. The maximum Gasteiger partial charge on any atom is 0.221 e. The molecule has 0 heterocycles. The number of rotatable bonds is 5. The van der Waals surface area contributed by atoms with Crippen LogP contribution in [-0.2, 0) is 9.53 Å². The number of carbonyl (C=O) groups excluding carboxylic acids is 1. The first kappa shape index (κ1) is 12.2. The Morgan fingerprint density at radius 1 is 1.44 bits per heavy atom. The molecule has 3 nitrogen and oxygen atoms in total. The number of alkyl halides is 1. The van der Waals surface area contributed by atoms with E-state index >= 15 is 0 Å². The van der Waals surface area contributed by atoms with Gasteiger partial charge in [0, 0.05) is 17.9 Å². The normalized spacial score (nSPS) is 38.9. The second kappa shape index (κ2) is 4.92. The van der Waals surface area contributed by atoms with E-state index in [9.17, 15) is 4.79 Å². The molecule has 0 aromatic heterocycles. The van der Waals surface area contributed by atoms with Crippen LogP contribution in [0.1, 0.15) is 32.6 Å². The minimum Gasteiger partial charge on any atom is -0.378 e. The van der Waals surface area contributed by atoms with Gasteiger partial charge in [0.25, 0.3) is 0 Å². The largest absolute Gasteiger partial charge is 0.378 e. The lowest BCUT2D eigenvalue weighted by molar-refractivity contribution is -0.143. The van der Waals surface area contributed by atoms with Crippen molar-refractivity contribution in [3.63, 3.8) is 0 Å². The fourth-order valence-electron chi connectivity index (χ4n) is 3.13. The van der Waals surface area contributed by atoms with Crippen molar-refractivity contribution >= 4 is 17.5 Å². The third kappa shape index (κ3) is 2.51. The van der Waals surface area contributed by atoms with Crippen molar-refractivity contribution in [3.8, 4) is 0 Å². The highest BCUT2D eigenvalue weighted by atomic mass is 35.5. The van der Waals surface area contributed by atoms with E-state index in [1.807, 2.05) is 6.92 Å². The van der Waals surface area contributed by atoms with Crippen molar-refractivity contribution in [2.24, 2.45) is 23.5 Å². The van der Waals surface area contributed by atoms with Crippen molar-refractivity contribution in [1.29, 1.82) is 0 Å². The van der Waals surface area contributed by atoms with Crippen molar-refractivity contribution in [3.05, 3.63) is 0 Å². The molecule has 3 saturated carbocycles. The highest BCUT2D eigenvalue weighted by molar-refractivity contribution is 6.20. The molecular formula is C12H20ClNO2. The monoisotopic (exact) mass is 245 g/mol. The summed E-state index contributed by atoms with van der Waals surface area (Å²) in [6.07, 6.45) is 4.39. The van der Waals surface area contributed by atoms with E-state index in [4.69, 9.17) is 22.1 Å². The molecule has 3 atom stereocenters. The van der Waals surface area contributed by atoms with Gasteiger partial charge < -0.3 is 10.5 Å². The molecule has 1 amide bonds. The fraction of sp³-hybridized carbons (Fsp3) is 0.917. The second-order valence-corrected chi connectivity index (χ2v) is 5.96. The average molecular weight is 246 g/mol. The van der Waals surface area contributed by atoms with Crippen molar-refractivity contribution in [1.82, 2.24) is 0 Å². The van der Waals surface area contributed by atoms with E-state index in [-0.39, 0.29) is 17.2 Å². The zero-order valence-corrected chi connectivity index (χ0v) is 10.5. The molecule has 16 heavy (non-hydrogen) atoms. The van der Waals surface area contributed by atoms with Crippen LogP contribution in [0, 0.1) is 17.8 Å². The number of carbonyl (C=O) groups is 1. The first-order valence-corrected chi connectivity index (χ1v) is 6.56. The fourth-order valence-corrected chi connectivity index (χ4v) is 3.22. The van der Waals surface area contributed by atoms with Gasteiger partial charge in [-0.2, -0.15) is 0 Å². The van der Waals surface area contributed by atoms with E-state index in [0.717, 1.165) is 25.9 Å². The van der Waals surface area contributed by atoms with Crippen LogP contribution in [-0.4, -0.2) is 24.0 Å². The minimum atomic E-state index is -0.117. The van der Waals surface area contributed by atoms with E-state index in [1.165, 1.54) is 6.42 Å². The highest BCUT2D eigenvalue weighted by Gasteiger charge is 2.50. The SMILES string of the molecule is CC(Cl)CCOC1CC2CC(C1)C2C(N)=O. The van der Waals surface area contributed by atoms with E-state index < -0.39 is 0 Å². The Morgan fingerprint density at radius 2 is 2.06 bits per heavy atom. The molecule has 2 bridgehead atoms. The van der Waals surface area contributed by atoms with Gasteiger partial charge in [0.05, 0.1) is 6.10 Å². The Morgan fingerprint density at radius 3 is 2.56 bits per heavy atom. The Labute approximate surface area is 102 Å². The lowest BCUT2D eigenvalue weighted by atomic mass is 9.56. The first-order valence-electron chi connectivity index (χ1n) is 6.13. The third-order valence-electron chi connectivity index (χ3n) is 3.95. The zero-order chi connectivity index (χ0) is 11.7. The minimum absolute atomic E-state index is 0.117. The molecular weight excluding hydrogens is 226 g/mol. The quantitative estimate of drug-likeness (QED) is 0.753. The Kier molecular flexibility index (Phi) is 3.75. The van der Waals surface area contributed by atoms with Crippen LogP contribution < -0.4 is 5.73 Å². The number of amides is 1. The topological polar surface area (TPSA) is 52.3 Å². The van der Waals surface area contributed by atoms with Gasteiger partial charge in [-0.3, -0.25) is 4.79 Å². The smallest absolute Gasteiger partial charge is 0.221 e. The molecule has 2 N–H and O–H groups in total. The van der Waals surface area contributed by atoms with Crippen LogP contribution in [0.15, 0.2) is 0 Å². The predicted octanol–water partition coefficient (Wildman–Crippen LogP) is 1.92. The summed E-state index contributed by atoms with van der Waals surface area (Å²) in [4.78, 5) is 11.2. The Bertz CT molecular complexity index is 258. The highest BCUT2D eigenvalue weighted by Crippen LogP contribution is 2.51. The maximum atomic E-state index is 11.2. The maximum absolute atomic E-state index is 11.2. The lowest BCUT2D eigenvalue weighted by Gasteiger charge is -2.50. The molecule has 0 spiro atoms. The molecule has 3 aliphatic carbocycles. The van der Waals surface area contributed by atoms with Crippen LogP contribution >= 0.6 is 11.6 Å². The molecule has 4 heteroatoms. The number of primary amides is 1. The van der Waals surface area contributed by atoms with Gasteiger partial charge >= 0.3 is 0 Å². The van der Waals surface area contributed by atoms with E-state index in [0.29, 0.717) is 17.9 Å². The molecule has 0 aromatic rings. The van der Waals surface area contributed by atoms with Gasteiger partial charge in [-0.15, -0.1) is 11.6 Å². The summed E-state index contributed by atoms with van der Waals surface area (Å²) in [6, 6.07) is 0. The summed E-state index contributed by atoms with van der Waals surface area (Å²) in [5, 5.41) is 0.177. The summed E-state index contributed by atoms with van der Waals surface area (Å²) >= 11 is 5.86. The van der Waals surface area contributed by atoms with Crippen LogP contribution in [0.5, 0.6) is 0 Å². The molecule has 3 rings (SSSR count). The molecule has 92 valence electrons. The Hall–Kier alpha value is -0.280. The van der Waals surface area contributed by atoms with Crippen molar-refractivity contribution in [2.45, 2.75) is 44.1 Å². The van der Waals surface area contributed by atoms with Crippen LogP contribution in [0.4, 0.5) is 0 Å². The number of ether oxygens (including phenoxy) is 1. The molecule has 3 fully saturated rings. The average Bonchev–Trinajstić information content (AvgIpc) is 2.15. The summed E-state index contributed by atoms with van der Waals surface area (Å²) in [5.74, 6) is 0.977. The van der Waals surface area contributed by atoms with Crippen LogP contribution in [0.25, 0.3) is 0 Å². The van der Waals surface area contributed by atoms with Gasteiger partial charge in [0.15, 0.2) is 0 Å². The molecule has 3 unspecified atom stereocenters. The Balaban J connectivity index is 1.72. The molecule has 0 radical (unpaired) electrons. The number of fused-ring (bicyclic) bond motifs is 2. The number of hydrogen-bond donors (Lipinski definition) is 1. The lowest BCUT2D eigenvalue weighted by Crippen LogP contribution is -2.52. The summed E-state index contributed by atoms with van der Waals surface area (Å²) in [5.41, 5.74) is 5.38. The van der Waals surface area contributed by atoms with Gasteiger partial charge in [0.2, 0.25) is 5.91 Å². The molecule has 0 aliphatic heterocycles. The van der Waals surface area contributed by atoms with Crippen molar-refractivity contribution < 1.29 is 9.53 Å². The van der Waals surface area contributed by atoms with Crippen LogP contribution in [0.2, 0.25) is 0 Å². The van der Waals surface area contributed by atoms with Crippen LogP contribution in [0.3, 0.4) is 0 Å². The summed E-state index contributed by atoms with van der Waals surface area (Å²) < 4.78 is 5.79. The van der Waals surface area contributed by atoms with Gasteiger partial charge in [0.1, 0.15) is 0 Å². The summed E-state index contributed by atoms with van der Waals surface area (Å²) in [7, 11) is 0. The molecule has 3 aliphatic rings. The first-order chi connectivity index (χ1) is 7.58. The third-order valence-corrected chi connectivity index (χ3v) is 4.17. The number of hydrogen-bond acceptors (Lipinski definition) is 2. The van der Waals surface area contributed by atoms with E-state index in [1.54, 1.807) is 0 Å². The number of halogens is 1. The van der Waals surface area contributed by atoms with E-state index in [2.05, 4.69) is 0 Å². The van der Waals surface area contributed by atoms with Gasteiger partial charge in [-0.1, -0.05) is 0 Å². The summed E-state index contributed by atoms with van der Waals surface area (Å²) in [6.45, 7) is 2.71. The molecule has 0 aromatic carbocycles. The second-order valence-electron chi connectivity index (χ2n) is 5.22. The standard InChI is InChI=1S/C12H20ClNO2/c1-7(13)2-3-16-10-5-8-4-9(6-10)11(8)12(14)15/h7-11H,2-6H2,1H3,(H2,14,15).